The summed E-state index contributed by atoms with van der Waals surface area (Å²) in [5, 5.41) is 12.9. The van der Waals surface area contributed by atoms with Crippen LogP contribution in [0.5, 0.6) is 5.75 Å². The standard InChI is InChI=1S/C31H33FN4O4/c1-30(2)28(35-27(39)19-5-7-22(21(32)15-19)36-13-10-18(17-37)11-14-36)31(3,4)29(30)40-24-8-6-20(16-33)26-25(24)23(38)9-12-34-26/h5-9,12,15,17-18,28-29H,10-11,13-14H2,1-4H3,(H,34,38)(H,35,39). The lowest BCUT2D eigenvalue weighted by atomic mass is 9.49. The van der Waals surface area contributed by atoms with Crippen molar-refractivity contribution in [3.05, 3.63) is 69.8 Å². The summed E-state index contributed by atoms with van der Waals surface area (Å²) in [5.74, 6) is -0.456. The fourth-order valence-electron chi connectivity index (χ4n) is 6.78. The van der Waals surface area contributed by atoms with Crippen LogP contribution in [0, 0.1) is 33.9 Å². The molecule has 8 nitrogen and oxygen atoms in total. The van der Waals surface area contributed by atoms with E-state index in [9.17, 15) is 19.6 Å². The molecule has 3 aromatic rings. The number of ether oxygens (including phenoxy) is 1. The highest BCUT2D eigenvalue weighted by atomic mass is 19.1. The summed E-state index contributed by atoms with van der Waals surface area (Å²) in [5.41, 5.74) is 0.129. The predicted octanol–water partition coefficient (Wildman–Crippen LogP) is 4.57. The van der Waals surface area contributed by atoms with Crippen molar-refractivity contribution in [1.82, 2.24) is 10.3 Å². The van der Waals surface area contributed by atoms with Gasteiger partial charge in [-0.1, -0.05) is 27.7 Å². The number of nitrogens with one attached hydrogen (secondary N) is 2. The van der Waals surface area contributed by atoms with Crippen molar-refractivity contribution >= 4 is 28.8 Å². The summed E-state index contributed by atoms with van der Waals surface area (Å²) < 4.78 is 21.5. The molecule has 1 aliphatic carbocycles. The lowest BCUT2D eigenvalue weighted by Crippen LogP contribution is -2.74. The van der Waals surface area contributed by atoms with E-state index in [1.807, 2.05) is 32.6 Å². The first kappa shape index (κ1) is 27.4. The molecule has 40 heavy (non-hydrogen) atoms. The number of anilines is 1. The van der Waals surface area contributed by atoms with Crippen LogP contribution in [-0.2, 0) is 4.79 Å². The van der Waals surface area contributed by atoms with E-state index in [2.05, 4.69) is 16.4 Å². The monoisotopic (exact) mass is 544 g/mol. The normalized spacial score (nSPS) is 21.8. The van der Waals surface area contributed by atoms with E-state index in [4.69, 9.17) is 4.74 Å². The van der Waals surface area contributed by atoms with Gasteiger partial charge < -0.3 is 24.7 Å². The molecule has 2 aliphatic rings. The Morgan fingerprint density at radius 3 is 2.48 bits per heavy atom. The third kappa shape index (κ3) is 4.51. The number of halogens is 1. The highest BCUT2D eigenvalue weighted by molar-refractivity contribution is 5.95. The van der Waals surface area contributed by atoms with Crippen LogP contribution in [0.1, 0.15) is 56.5 Å². The molecule has 0 unspecified atom stereocenters. The second-order valence-electron chi connectivity index (χ2n) is 12.0. The molecule has 2 heterocycles. The predicted molar refractivity (Wildman–Crippen MR) is 150 cm³/mol. The summed E-state index contributed by atoms with van der Waals surface area (Å²) >= 11 is 0. The number of H-pyrrole nitrogens is 1. The number of rotatable bonds is 6. The van der Waals surface area contributed by atoms with Gasteiger partial charge in [0.05, 0.1) is 22.2 Å². The zero-order valence-electron chi connectivity index (χ0n) is 23.1. The average Bonchev–Trinajstić information content (AvgIpc) is 2.94. The molecule has 1 amide bonds. The molecule has 0 spiro atoms. The lowest BCUT2D eigenvalue weighted by molar-refractivity contribution is -0.163. The first-order valence-corrected chi connectivity index (χ1v) is 13.5. The zero-order valence-corrected chi connectivity index (χ0v) is 23.1. The Hall–Kier alpha value is -4.19. The fraction of sp³-hybridized carbons (Fsp3) is 0.419. The highest BCUT2D eigenvalue weighted by Gasteiger charge is 2.64. The van der Waals surface area contributed by atoms with Crippen molar-refractivity contribution in [3.63, 3.8) is 0 Å². The number of amides is 1. The first-order chi connectivity index (χ1) is 19.0. The van der Waals surface area contributed by atoms with Crippen LogP contribution in [0.15, 0.2) is 47.4 Å². The topological polar surface area (TPSA) is 115 Å². The Labute approximate surface area is 232 Å². The summed E-state index contributed by atoms with van der Waals surface area (Å²) in [7, 11) is 0. The molecule has 1 saturated heterocycles. The van der Waals surface area contributed by atoms with E-state index in [1.165, 1.54) is 18.3 Å². The number of hydrogen-bond donors (Lipinski definition) is 2. The average molecular weight is 545 g/mol. The van der Waals surface area contributed by atoms with Crippen LogP contribution in [0.3, 0.4) is 0 Å². The minimum atomic E-state index is -0.525. The molecular formula is C31H33FN4O4. The van der Waals surface area contributed by atoms with Gasteiger partial charge >= 0.3 is 0 Å². The molecule has 0 bridgehead atoms. The number of hydrogen-bond acceptors (Lipinski definition) is 6. The number of benzene rings is 2. The van der Waals surface area contributed by atoms with Gasteiger partial charge in [0.1, 0.15) is 30.0 Å². The summed E-state index contributed by atoms with van der Waals surface area (Å²) in [6, 6.07) is 11.0. The Morgan fingerprint density at radius 2 is 1.85 bits per heavy atom. The van der Waals surface area contributed by atoms with E-state index >= 15 is 4.39 Å². The van der Waals surface area contributed by atoms with Gasteiger partial charge in [-0.15, -0.1) is 0 Å². The van der Waals surface area contributed by atoms with Crippen molar-refractivity contribution in [2.45, 2.75) is 52.7 Å². The van der Waals surface area contributed by atoms with Crippen LogP contribution >= 0.6 is 0 Å². The molecular weight excluding hydrogens is 511 g/mol. The smallest absolute Gasteiger partial charge is 0.251 e. The first-order valence-electron chi connectivity index (χ1n) is 13.5. The second-order valence-corrected chi connectivity index (χ2v) is 12.0. The number of carbonyl (C=O) groups excluding carboxylic acids is 2. The number of pyridine rings is 1. The summed E-state index contributed by atoms with van der Waals surface area (Å²) in [6.07, 6.45) is 3.48. The number of aromatic nitrogens is 1. The largest absolute Gasteiger partial charge is 0.488 e. The molecule has 9 heteroatoms. The number of aromatic amines is 1. The van der Waals surface area contributed by atoms with Crippen LogP contribution < -0.4 is 20.4 Å². The maximum absolute atomic E-state index is 15.1. The number of fused-ring (bicyclic) bond motifs is 1. The van der Waals surface area contributed by atoms with Crippen molar-refractivity contribution in [2.75, 3.05) is 18.0 Å². The minimum Gasteiger partial charge on any atom is -0.488 e. The maximum Gasteiger partial charge on any atom is 0.251 e. The number of nitrogens with zero attached hydrogens (tertiary/aromatic N) is 2. The van der Waals surface area contributed by atoms with Crippen LogP contribution in [0.4, 0.5) is 10.1 Å². The van der Waals surface area contributed by atoms with E-state index in [-0.39, 0.29) is 35.0 Å². The van der Waals surface area contributed by atoms with Crippen LogP contribution in [-0.4, -0.2) is 42.4 Å². The van der Waals surface area contributed by atoms with E-state index in [0.717, 1.165) is 6.29 Å². The fourth-order valence-corrected chi connectivity index (χ4v) is 6.78. The summed E-state index contributed by atoms with van der Waals surface area (Å²) in [4.78, 5) is 41.9. The third-order valence-corrected chi connectivity index (χ3v) is 8.64. The van der Waals surface area contributed by atoms with Gasteiger partial charge in [0.15, 0.2) is 5.43 Å². The zero-order chi connectivity index (χ0) is 28.8. The van der Waals surface area contributed by atoms with Crippen molar-refractivity contribution in [2.24, 2.45) is 16.7 Å². The Balaban J connectivity index is 1.33. The molecule has 0 radical (unpaired) electrons. The Kier molecular flexibility index (Phi) is 6.90. The van der Waals surface area contributed by atoms with Crippen molar-refractivity contribution in [3.8, 4) is 11.8 Å². The highest BCUT2D eigenvalue weighted by Crippen LogP contribution is 2.56. The van der Waals surface area contributed by atoms with Gasteiger partial charge in [-0.05, 0) is 43.2 Å². The third-order valence-electron chi connectivity index (χ3n) is 8.64. The second kappa shape index (κ2) is 10.1. The lowest BCUT2D eigenvalue weighted by Gasteiger charge is -2.63. The molecule has 1 saturated carbocycles. The van der Waals surface area contributed by atoms with Crippen LogP contribution in [0.2, 0.25) is 0 Å². The molecule has 5 rings (SSSR count). The van der Waals surface area contributed by atoms with E-state index < -0.39 is 16.6 Å². The molecule has 1 aliphatic heterocycles. The van der Waals surface area contributed by atoms with Gasteiger partial charge in [0.2, 0.25) is 0 Å². The number of nitriles is 1. The molecule has 0 atom stereocenters. The van der Waals surface area contributed by atoms with Gasteiger partial charge in [0, 0.05) is 53.7 Å². The quantitative estimate of drug-likeness (QED) is 0.440. The maximum atomic E-state index is 15.1. The molecule has 2 N–H and O–H groups in total. The van der Waals surface area contributed by atoms with Gasteiger partial charge in [-0.2, -0.15) is 5.26 Å². The minimum absolute atomic E-state index is 0.0164. The van der Waals surface area contributed by atoms with E-state index in [0.29, 0.717) is 53.8 Å². The summed E-state index contributed by atoms with van der Waals surface area (Å²) in [6.45, 7) is 9.12. The molecule has 1 aromatic heterocycles. The number of carbonyl (C=O) groups is 2. The number of piperidine rings is 1. The molecule has 208 valence electrons. The van der Waals surface area contributed by atoms with Crippen molar-refractivity contribution < 1.29 is 18.7 Å². The molecule has 2 aromatic carbocycles. The van der Waals surface area contributed by atoms with Crippen LogP contribution in [0.25, 0.3) is 10.9 Å². The molecule has 2 fully saturated rings. The Bertz CT molecular complexity index is 1560. The number of aldehydes is 1. The van der Waals surface area contributed by atoms with Crippen molar-refractivity contribution in [1.29, 1.82) is 5.26 Å². The van der Waals surface area contributed by atoms with E-state index in [1.54, 1.807) is 24.3 Å². The van der Waals surface area contributed by atoms with Gasteiger partial charge in [-0.3, -0.25) is 9.59 Å². The SMILES string of the molecule is CC1(C)C(NC(=O)c2ccc(N3CCC(C=O)CC3)c(F)c2)C(C)(C)C1Oc1ccc(C#N)c2[nH]ccc(=O)c12. The van der Waals surface area contributed by atoms with Gasteiger partial charge in [-0.25, -0.2) is 4.39 Å². The van der Waals surface area contributed by atoms with Gasteiger partial charge in [0.25, 0.3) is 5.91 Å². The Morgan fingerprint density at radius 1 is 1.15 bits per heavy atom.